The van der Waals surface area contributed by atoms with Crippen molar-refractivity contribution in [2.45, 2.75) is 37.5 Å². The minimum Gasteiger partial charge on any atom is -0.493 e. The Morgan fingerprint density at radius 1 is 1.22 bits per heavy atom. The highest BCUT2D eigenvalue weighted by atomic mass is 16.5. The summed E-state index contributed by atoms with van der Waals surface area (Å²) in [5, 5.41) is 24.2. The van der Waals surface area contributed by atoms with Gasteiger partial charge in [0.15, 0.2) is 0 Å². The molecule has 2 aromatic carbocycles. The van der Waals surface area contributed by atoms with Gasteiger partial charge in [-0.25, -0.2) is 0 Å². The van der Waals surface area contributed by atoms with Gasteiger partial charge in [-0.05, 0) is 75.7 Å². The Kier molecular flexibility index (Phi) is 7.79. The fourth-order valence-corrected chi connectivity index (χ4v) is 5.01. The second-order valence-corrected chi connectivity index (χ2v) is 10.0. The number of carboxylic acids is 1. The van der Waals surface area contributed by atoms with E-state index in [1.165, 1.54) is 0 Å². The van der Waals surface area contributed by atoms with Crippen molar-refractivity contribution in [1.29, 1.82) is 5.26 Å². The lowest BCUT2D eigenvalue weighted by Crippen LogP contribution is -2.32. The van der Waals surface area contributed by atoms with Gasteiger partial charge in [-0.1, -0.05) is 6.07 Å². The highest BCUT2D eigenvalue weighted by molar-refractivity contribution is 5.98. The molecule has 1 saturated carbocycles. The summed E-state index contributed by atoms with van der Waals surface area (Å²) in [5.41, 5.74) is 2.78. The summed E-state index contributed by atoms with van der Waals surface area (Å²) >= 11 is 0. The van der Waals surface area contributed by atoms with Gasteiger partial charge in [0.25, 0.3) is 5.91 Å². The first-order valence-corrected chi connectivity index (χ1v) is 12.5. The molecule has 37 heavy (non-hydrogen) atoms. The molecular weight excluding hydrogens is 472 g/mol. The average molecular weight is 505 g/mol. The molecule has 194 valence electrons. The van der Waals surface area contributed by atoms with Crippen LogP contribution in [0.3, 0.4) is 0 Å². The topological polar surface area (TPSA) is 132 Å². The highest BCUT2D eigenvalue weighted by Crippen LogP contribution is 2.61. The summed E-state index contributed by atoms with van der Waals surface area (Å²) in [6.45, 7) is 1.76. The second kappa shape index (κ2) is 11.0. The van der Waals surface area contributed by atoms with E-state index in [2.05, 4.69) is 16.7 Å². The van der Waals surface area contributed by atoms with Gasteiger partial charge in [-0.2, -0.15) is 5.26 Å². The predicted octanol–water partition coefficient (Wildman–Crippen LogP) is 2.94. The third-order valence-electron chi connectivity index (χ3n) is 7.15. The molecule has 0 radical (unpaired) electrons. The molecule has 2 atom stereocenters. The number of benzene rings is 2. The number of fused-ring (bicyclic) bond motifs is 2. The quantitative estimate of drug-likeness (QED) is 0.453. The number of amides is 2. The summed E-state index contributed by atoms with van der Waals surface area (Å²) < 4.78 is 5.85. The van der Waals surface area contributed by atoms with Gasteiger partial charge in [-0.15, -0.1) is 0 Å². The van der Waals surface area contributed by atoms with Crippen molar-refractivity contribution >= 4 is 23.5 Å². The number of carbonyl (C=O) groups is 3. The molecule has 1 aliphatic carbocycles. The molecule has 1 aliphatic heterocycles. The van der Waals surface area contributed by atoms with Gasteiger partial charge >= 0.3 is 5.97 Å². The van der Waals surface area contributed by atoms with E-state index in [0.29, 0.717) is 61.4 Å². The lowest BCUT2D eigenvalue weighted by molar-refractivity contribution is -0.137. The Morgan fingerprint density at radius 2 is 2.03 bits per heavy atom. The van der Waals surface area contributed by atoms with E-state index in [9.17, 15) is 19.6 Å². The first kappa shape index (κ1) is 26.2. The molecule has 4 rings (SSSR count). The van der Waals surface area contributed by atoms with E-state index < -0.39 is 11.4 Å². The fourth-order valence-electron chi connectivity index (χ4n) is 5.01. The molecule has 1 fully saturated rings. The highest BCUT2D eigenvalue weighted by Gasteiger charge is 2.61. The van der Waals surface area contributed by atoms with E-state index in [4.69, 9.17) is 9.84 Å². The number of carbonyl (C=O) groups excluding carboxylic acids is 2. The molecule has 9 nitrogen and oxygen atoms in total. The van der Waals surface area contributed by atoms with Crippen LogP contribution in [-0.4, -0.2) is 61.6 Å². The van der Waals surface area contributed by atoms with Crippen LogP contribution in [0.4, 0.5) is 5.69 Å². The second-order valence-electron chi connectivity index (χ2n) is 10.0. The predicted molar refractivity (Wildman–Crippen MR) is 138 cm³/mol. The SMILES string of the molecule is CN(C)CCNC(=O)c1ccc2c(c1)[C@]1(CCO2)C[C@H]1C(=O)Nc1cc(C#N)ccc1CCCC(=O)O. The van der Waals surface area contributed by atoms with E-state index in [1.807, 2.05) is 25.1 Å². The number of nitrogens with zero attached hydrogens (tertiary/aromatic N) is 2. The van der Waals surface area contributed by atoms with Crippen LogP contribution in [0.2, 0.25) is 0 Å². The fraction of sp³-hybridized carbons (Fsp3) is 0.429. The molecule has 3 N–H and O–H groups in total. The monoisotopic (exact) mass is 504 g/mol. The smallest absolute Gasteiger partial charge is 0.303 e. The summed E-state index contributed by atoms with van der Waals surface area (Å²) in [4.78, 5) is 39.0. The summed E-state index contributed by atoms with van der Waals surface area (Å²) in [6.07, 6.45) is 2.26. The largest absolute Gasteiger partial charge is 0.493 e. The Hall–Kier alpha value is -3.90. The van der Waals surface area contributed by atoms with Crippen molar-refractivity contribution in [3.05, 3.63) is 58.7 Å². The zero-order valence-corrected chi connectivity index (χ0v) is 21.2. The van der Waals surface area contributed by atoms with Gasteiger partial charge < -0.3 is 25.4 Å². The summed E-state index contributed by atoms with van der Waals surface area (Å²) in [6, 6.07) is 12.6. The number of aryl methyl sites for hydroxylation is 1. The number of nitrogens with one attached hydrogen (secondary N) is 2. The minimum atomic E-state index is -0.872. The van der Waals surface area contributed by atoms with Crippen LogP contribution in [0.1, 0.15) is 52.7 Å². The number of aliphatic carboxylic acids is 1. The van der Waals surface area contributed by atoms with Crippen LogP contribution in [0.25, 0.3) is 0 Å². The van der Waals surface area contributed by atoms with Gasteiger partial charge in [0, 0.05) is 47.7 Å². The Bertz CT molecular complexity index is 1250. The van der Waals surface area contributed by atoms with Crippen molar-refractivity contribution in [2.24, 2.45) is 5.92 Å². The van der Waals surface area contributed by atoms with Gasteiger partial charge in [0.05, 0.1) is 18.2 Å². The van der Waals surface area contributed by atoms with Crippen LogP contribution >= 0.6 is 0 Å². The molecule has 1 spiro atoms. The average Bonchev–Trinajstić information content (AvgIpc) is 3.59. The molecule has 0 saturated heterocycles. The lowest BCUT2D eigenvalue weighted by Gasteiger charge is -2.27. The molecule has 2 amide bonds. The van der Waals surface area contributed by atoms with Crippen LogP contribution < -0.4 is 15.4 Å². The number of carboxylic acid groups (broad SMARTS) is 1. The van der Waals surface area contributed by atoms with Crippen molar-refractivity contribution in [2.75, 3.05) is 39.1 Å². The van der Waals surface area contributed by atoms with E-state index in [1.54, 1.807) is 30.3 Å². The summed E-state index contributed by atoms with van der Waals surface area (Å²) in [7, 11) is 3.89. The number of nitriles is 1. The molecule has 1 heterocycles. The molecule has 9 heteroatoms. The first-order chi connectivity index (χ1) is 17.7. The van der Waals surface area contributed by atoms with E-state index in [0.717, 1.165) is 17.7 Å². The van der Waals surface area contributed by atoms with E-state index in [-0.39, 0.29) is 24.2 Å². The maximum atomic E-state index is 13.4. The number of hydrogen-bond donors (Lipinski definition) is 3. The maximum Gasteiger partial charge on any atom is 0.303 e. The number of anilines is 1. The van der Waals surface area contributed by atoms with Crippen molar-refractivity contribution in [3.8, 4) is 11.8 Å². The van der Waals surface area contributed by atoms with Crippen molar-refractivity contribution < 1.29 is 24.2 Å². The van der Waals surface area contributed by atoms with Gasteiger partial charge in [-0.3, -0.25) is 14.4 Å². The van der Waals surface area contributed by atoms with E-state index >= 15 is 0 Å². The number of likely N-dealkylation sites (N-methyl/N-ethyl adjacent to an activating group) is 1. The Morgan fingerprint density at radius 3 is 2.76 bits per heavy atom. The van der Waals surface area contributed by atoms with Crippen LogP contribution in [0.5, 0.6) is 5.75 Å². The number of hydrogen-bond acceptors (Lipinski definition) is 6. The van der Waals surface area contributed by atoms with Crippen LogP contribution in [0.15, 0.2) is 36.4 Å². The maximum absolute atomic E-state index is 13.4. The normalized spacial score (nSPS) is 19.5. The number of rotatable bonds is 10. The molecule has 0 aromatic heterocycles. The van der Waals surface area contributed by atoms with Crippen molar-refractivity contribution in [1.82, 2.24) is 10.2 Å². The standard InChI is InChI=1S/C28H32N4O5/c1-32(2)12-11-30-26(35)20-8-9-24-21(15-20)28(10-13-37-24)16-22(28)27(36)31-23-14-18(17-29)6-7-19(23)4-3-5-25(33)34/h6-9,14-15,22H,3-5,10-13,16H2,1-2H3,(H,30,35)(H,31,36)(H,33,34)/t22-,28-/m0/s1. The molecule has 0 unspecified atom stereocenters. The van der Waals surface area contributed by atoms with Crippen LogP contribution in [-0.2, 0) is 21.4 Å². The third-order valence-corrected chi connectivity index (χ3v) is 7.15. The Balaban J connectivity index is 1.51. The summed E-state index contributed by atoms with van der Waals surface area (Å²) in [5.74, 6) is -0.773. The first-order valence-electron chi connectivity index (χ1n) is 12.5. The molecule has 0 bridgehead atoms. The van der Waals surface area contributed by atoms with Crippen molar-refractivity contribution in [3.63, 3.8) is 0 Å². The van der Waals surface area contributed by atoms with Crippen LogP contribution in [0, 0.1) is 17.2 Å². The zero-order chi connectivity index (χ0) is 26.6. The Labute approximate surface area is 216 Å². The van der Waals surface area contributed by atoms with Gasteiger partial charge in [0.1, 0.15) is 5.75 Å². The molecular formula is C28H32N4O5. The number of ether oxygens (including phenoxy) is 1. The molecule has 2 aromatic rings. The third kappa shape index (κ3) is 5.92. The minimum absolute atomic E-state index is 0.0287. The van der Waals surface area contributed by atoms with Gasteiger partial charge in [0.2, 0.25) is 5.91 Å². The zero-order valence-electron chi connectivity index (χ0n) is 21.2. The molecule has 2 aliphatic rings. The lowest BCUT2D eigenvalue weighted by atomic mass is 9.86.